The van der Waals surface area contributed by atoms with Crippen LogP contribution in [0.1, 0.15) is 18.1 Å². The minimum absolute atomic E-state index is 0. The lowest BCUT2D eigenvalue weighted by Gasteiger charge is -2.21. The highest BCUT2D eigenvalue weighted by Gasteiger charge is 2.24. The topological polar surface area (TPSA) is 97.0 Å². The van der Waals surface area contributed by atoms with Gasteiger partial charge in [-0.15, -0.1) is 24.0 Å². The minimum Gasteiger partial charge on any atom is -0.497 e. The summed E-state index contributed by atoms with van der Waals surface area (Å²) in [5.74, 6) is 3.43. The van der Waals surface area contributed by atoms with E-state index in [0.29, 0.717) is 24.2 Å². The van der Waals surface area contributed by atoms with Crippen LogP contribution in [0, 0.1) is 6.92 Å². The smallest absolute Gasteiger partial charge is 0.246 e. The van der Waals surface area contributed by atoms with Crippen molar-refractivity contribution in [3.05, 3.63) is 29.9 Å². The highest BCUT2D eigenvalue weighted by molar-refractivity contribution is 14.0. The molecule has 10 heteroatoms. The van der Waals surface area contributed by atoms with Crippen LogP contribution in [-0.2, 0) is 6.54 Å². The number of ether oxygens (including phenoxy) is 2. The van der Waals surface area contributed by atoms with Gasteiger partial charge in [-0.25, -0.2) is 0 Å². The first-order valence-corrected chi connectivity index (χ1v) is 8.85. The van der Waals surface area contributed by atoms with Gasteiger partial charge in [0.2, 0.25) is 5.89 Å². The third-order valence-corrected chi connectivity index (χ3v) is 4.43. The van der Waals surface area contributed by atoms with E-state index in [9.17, 15) is 0 Å². The Morgan fingerprint density at radius 1 is 1.29 bits per heavy atom. The molecule has 28 heavy (non-hydrogen) atoms. The predicted molar refractivity (Wildman–Crippen MR) is 118 cm³/mol. The Kier molecular flexibility index (Phi) is 8.15. The zero-order valence-electron chi connectivity index (χ0n) is 16.6. The molecule has 1 aliphatic heterocycles. The second-order valence-electron chi connectivity index (χ2n) is 6.31. The number of aryl methyl sites for hydroxylation is 1. The number of halogens is 1. The van der Waals surface area contributed by atoms with Gasteiger partial charge in [-0.05, 0) is 13.3 Å². The summed E-state index contributed by atoms with van der Waals surface area (Å²) in [4.78, 5) is 10.8. The maximum absolute atomic E-state index is 5.37. The minimum atomic E-state index is 0. The van der Waals surface area contributed by atoms with Gasteiger partial charge < -0.3 is 29.5 Å². The van der Waals surface area contributed by atoms with Gasteiger partial charge >= 0.3 is 0 Å². The first kappa shape index (κ1) is 22.1. The zero-order chi connectivity index (χ0) is 19.2. The molecule has 0 aliphatic carbocycles. The van der Waals surface area contributed by atoms with Crippen LogP contribution in [0.15, 0.2) is 27.7 Å². The fraction of sp³-hybridized carbons (Fsp3) is 0.500. The molecule has 1 unspecified atom stereocenters. The molecule has 1 fully saturated rings. The highest BCUT2D eigenvalue weighted by Crippen LogP contribution is 2.30. The van der Waals surface area contributed by atoms with Gasteiger partial charge in [0.15, 0.2) is 11.8 Å². The lowest BCUT2D eigenvalue weighted by atomic mass is 10.2. The SMILES string of the molecule is CN=C(NCc1nc(C)no1)NC1CCN(c2cc(OC)cc(OC)c2)C1.I. The fourth-order valence-corrected chi connectivity index (χ4v) is 3.05. The summed E-state index contributed by atoms with van der Waals surface area (Å²) in [6, 6.07) is 6.20. The maximum atomic E-state index is 5.37. The normalized spacial score (nSPS) is 16.5. The quantitative estimate of drug-likeness (QED) is 0.352. The standard InChI is InChI=1S/C18H26N6O3.HI/c1-12-21-17(27-23-12)10-20-18(19-2)22-13-5-6-24(11-13)14-7-15(25-3)9-16(8-14)26-4;/h7-9,13H,5-6,10-11H2,1-4H3,(H2,19,20,22);1H. The molecule has 9 nitrogen and oxygen atoms in total. The second kappa shape index (κ2) is 10.3. The molecule has 0 radical (unpaired) electrons. The largest absolute Gasteiger partial charge is 0.497 e. The Balaban J connectivity index is 0.00000280. The van der Waals surface area contributed by atoms with Crippen molar-refractivity contribution < 1.29 is 14.0 Å². The van der Waals surface area contributed by atoms with E-state index in [-0.39, 0.29) is 30.0 Å². The Labute approximate surface area is 181 Å². The molecule has 1 saturated heterocycles. The van der Waals surface area contributed by atoms with Crippen LogP contribution in [0.2, 0.25) is 0 Å². The molecule has 0 spiro atoms. The first-order chi connectivity index (χ1) is 13.1. The average Bonchev–Trinajstić information content (AvgIpc) is 3.33. The van der Waals surface area contributed by atoms with E-state index in [2.05, 4.69) is 30.7 Å². The Bertz CT molecular complexity index is 775. The summed E-state index contributed by atoms with van der Waals surface area (Å²) >= 11 is 0. The van der Waals surface area contributed by atoms with Crippen LogP contribution in [0.5, 0.6) is 11.5 Å². The average molecular weight is 502 g/mol. The molecule has 2 heterocycles. The zero-order valence-corrected chi connectivity index (χ0v) is 18.9. The van der Waals surface area contributed by atoms with Gasteiger partial charge in [0, 0.05) is 50.1 Å². The molecule has 2 N–H and O–H groups in total. The third kappa shape index (κ3) is 5.63. The molecule has 1 atom stereocenters. The number of methoxy groups -OCH3 is 2. The van der Waals surface area contributed by atoms with E-state index >= 15 is 0 Å². The van der Waals surface area contributed by atoms with Crippen LogP contribution < -0.4 is 25.0 Å². The molecule has 1 aliphatic rings. The highest BCUT2D eigenvalue weighted by atomic mass is 127. The van der Waals surface area contributed by atoms with E-state index in [1.165, 1.54) is 0 Å². The molecule has 0 saturated carbocycles. The van der Waals surface area contributed by atoms with Gasteiger partial charge in [-0.2, -0.15) is 4.98 Å². The number of hydrogen-bond donors (Lipinski definition) is 2. The molecule has 0 amide bonds. The molecule has 0 bridgehead atoms. The number of nitrogens with one attached hydrogen (secondary N) is 2. The molecule has 2 aromatic rings. The summed E-state index contributed by atoms with van der Waals surface area (Å²) in [7, 11) is 5.06. The lowest BCUT2D eigenvalue weighted by Crippen LogP contribution is -2.44. The van der Waals surface area contributed by atoms with Crippen molar-refractivity contribution in [3.63, 3.8) is 0 Å². The number of aromatic nitrogens is 2. The van der Waals surface area contributed by atoms with Crippen molar-refractivity contribution in [2.24, 2.45) is 4.99 Å². The monoisotopic (exact) mass is 502 g/mol. The molecule has 154 valence electrons. The Morgan fingerprint density at radius 3 is 2.57 bits per heavy atom. The number of nitrogens with zero attached hydrogens (tertiary/aromatic N) is 4. The van der Waals surface area contributed by atoms with Gasteiger partial charge in [0.1, 0.15) is 11.5 Å². The number of hydrogen-bond acceptors (Lipinski definition) is 7. The van der Waals surface area contributed by atoms with Gasteiger partial charge in [-0.1, -0.05) is 5.16 Å². The third-order valence-electron chi connectivity index (χ3n) is 4.43. The van der Waals surface area contributed by atoms with Crippen molar-refractivity contribution in [1.82, 2.24) is 20.8 Å². The number of aliphatic imine (C=N–C) groups is 1. The van der Waals surface area contributed by atoms with Crippen molar-refractivity contribution >= 4 is 35.6 Å². The summed E-state index contributed by atoms with van der Waals surface area (Å²) in [5, 5.41) is 10.4. The van der Waals surface area contributed by atoms with Crippen molar-refractivity contribution in [2.45, 2.75) is 25.9 Å². The van der Waals surface area contributed by atoms with Crippen molar-refractivity contribution in [2.75, 3.05) is 39.3 Å². The predicted octanol–water partition coefficient (Wildman–Crippen LogP) is 1.96. The fourth-order valence-electron chi connectivity index (χ4n) is 3.05. The van der Waals surface area contributed by atoms with Crippen molar-refractivity contribution in [3.8, 4) is 11.5 Å². The van der Waals surface area contributed by atoms with Crippen LogP contribution in [0.3, 0.4) is 0 Å². The van der Waals surface area contributed by atoms with E-state index in [4.69, 9.17) is 14.0 Å². The Hall–Kier alpha value is -2.24. The number of rotatable bonds is 6. The van der Waals surface area contributed by atoms with Gasteiger partial charge in [-0.3, -0.25) is 4.99 Å². The van der Waals surface area contributed by atoms with Crippen molar-refractivity contribution in [1.29, 1.82) is 0 Å². The maximum Gasteiger partial charge on any atom is 0.246 e. The number of guanidine groups is 1. The summed E-state index contributed by atoms with van der Waals surface area (Å²) in [6.07, 6.45) is 1.000. The Morgan fingerprint density at radius 2 is 2.00 bits per heavy atom. The van der Waals surface area contributed by atoms with E-state index in [0.717, 1.165) is 36.7 Å². The van der Waals surface area contributed by atoms with E-state index < -0.39 is 0 Å². The summed E-state index contributed by atoms with van der Waals surface area (Å²) in [5.41, 5.74) is 1.08. The van der Waals surface area contributed by atoms with E-state index in [1.54, 1.807) is 28.2 Å². The number of anilines is 1. The van der Waals surface area contributed by atoms with Crippen LogP contribution in [0.25, 0.3) is 0 Å². The molecular formula is C18H27IN6O3. The summed E-state index contributed by atoms with van der Waals surface area (Å²) in [6.45, 7) is 4.02. The molecular weight excluding hydrogens is 475 g/mol. The van der Waals surface area contributed by atoms with Gasteiger partial charge in [0.05, 0.1) is 20.8 Å². The van der Waals surface area contributed by atoms with Crippen LogP contribution >= 0.6 is 24.0 Å². The van der Waals surface area contributed by atoms with E-state index in [1.807, 2.05) is 18.2 Å². The molecule has 1 aromatic heterocycles. The molecule has 1 aromatic carbocycles. The number of benzene rings is 1. The summed E-state index contributed by atoms with van der Waals surface area (Å²) < 4.78 is 15.8. The first-order valence-electron chi connectivity index (χ1n) is 8.85. The second-order valence-corrected chi connectivity index (χ2v) is 6.31. The van der Waals surface area contributed by atoms with Gasteiger partial charge in [0.25, 0.3) is 0 Å². The molecule has 3 rings (SSSR count). The lowest BCUT2D eigenvalue weighted by molar-refractivity contribution is 0.371. The van der Waals surface area contributed by atoms with Crippen LogP contribution in [-0.4, -0.2) is 56.5 Å². The van der Waals surface area contributed by atoms with Crippen LogP contribution in [0.4, 0.5) is 5.69 Å².